The highest BCUT2D eigenvalue weighted by molar-refractivity contribution is 5.94. The molecule has 0 fully saturated rings. The smallest absolute Gasteiger partial charge is 0.265 e. The van der Waals surface area contributed by atoms with Gasteiger partial charge in [0.2, 0.25) is 0 Å². The lowest BCUT2D eigenvalue weighted by atomic mass is 10.2. The van der Waals surface area contributed by atoms with E-state index in [1.54, 1.807) is 49.4 Å². The van der Waals surface area contributed by atoms with Gasteiger partial charge in [0.15, 0.2) is 17.6 Å². The molecule has 6 heteroatoms. The van der Waals surface area contributed by atoms with Crippen molar-refractivity contribution in [2.75, 3.05) is 19.0 Å². The van der Waals surface area contributed by atoms with Crippen molar-refractivity contribution in [3.8, 4) is 23.3 Å². The topological polar surface area (TPSA) is 80.6 Å². The second-order valence-corrected chi connectivity index (χ2v) is 5.18. The Bertz CT molecular complexity index is 766. The number of hydrogen-bond donors (Lipinski definition) is 1. The minimum absolute atomic E-state index is 0.296. The standard InChI is InChI=1S/C19H20N2O4/c1-4-24-16-8-6-15(7-9-16)21-19(22)13(2)25-17-10-5-14(12-20)11-18(17)23-3/h5-11,13H,4H2,1-3H3,(H,21,22)/t13-/m0/s1. The first-order chi connectivity index (χ1) is 12.1. The molecule has 1 N–H and O–H groups in total. The minimum Gasteiger partial charge on any atom is -0.494 e. The van der Waals surface area contributed by atoms with E-state index in [2.05, 4.69) is 5.32 Å². The zero-order valence-corrected chi connectivity index (χ0v) is 14.4. The summed E-state index contributed by atoms with van der Waals surface area (Å²) in [5, 5.41) is 11.7. The summed E-state index contributed by atoms with van der Waals surface area (Å²) < 4.78 is 16.2. The van der Waals surface area contributed by atoms with E-state index in [9.17, 15) is 4.79 Å². The van der Waals surface area contributed by atoms with Crippen LogP contribution in [-0.2, 0) is 4.79 Å². The number of methoxy groups -OCH3 is 1. The van der Waals surface area contributed by atoms with Gasteiger partial charge in [0.05, 0.1) is 25.3 Å². The first kappa shape index (κ1) is 18.1. The molecule has 0 heterocycles. The number of anilines is 1. The molecular formula is C19H20N2O4. The molecule has 0 saturated heterocycles. The van der Waals surface area contributed by atoms with Crippen molar-refractivity contribution in [1.29, 1.82) is 5.26 Å². The Hall–Kier alpha value is -3.20. The number of nitriles is 1. The quantitative estimate of drug-likeness (QED) is 0.836. The first-order valence-electron chi connectivity index (χ1n) is 7.86. The van der Waals surface area contributed by atoms with Gasteiger partial charge < -0.3 is 19.5 Å². The Balaban J connectivity index is 2.01. The molecule has 2 rings (SSSR count). The number of hydrogen-bond acceptors (Lipinski definition) is 5. The molecule has 0 aromatic heterocycles. The van der Waals surface area contributed by atoms with Gasteiger partial charge in [0.1, 0.15) is 5.75 Å². The molecule has 0 aliphatic heterocycles. The second kappa shape index (κ2) is 8.60. The van der Waals surface area contributed by atoms with E-state index in [1.165, 1.54) is 7.11 Å². The summed E-state index contributed by atoms with van der Waals surface area (Å²) in [5.41, 5.74) is 1.10. The van der Waals surface area contributed by atoms with Gasteiger partial charge in [-0.1, -0.05) is 0 Å². The van der Waals surface area contributed by atoms with Crippen LogP contribution in [0, 0.1) is 11.3 Å². The van der Waals surface area contributed by atoms with Gasteiger partial charge >= 0.3 is 0 Å². The van der Waals surface area contributed by atoms with E-state index >= 15 is 0 Å². The predicted octanol–water partition coefficient (Wildman–Crippen LogP) is 3.37. The number of carbonyl (C=O) groups is 1. The Morgan fingerprint density at radius 2 is 1.92 bits per heavy atom. The van der Waals surface area contributed by atoms with Gasteiger partial charge in [-0.25, -0.2) is 0 Å². The molecule has 0 spiro atoms. The Kier molecular flexibility index (Phi) is 6.24. The van der Waals surface area contributed by atoms with Crippen molar-refractivity contribution in [3.05, 3.63) is 48.0 Å². The molecule has 25 heavy (non-hydrogen) atoms. The van der Waals surface area contributed by atoms with Crippen molar-refractivity contribution < 1.29 is 19.0 Å². The highest BCUT2D eigenvalue weighted by atomic mass is 16.5. The van der Waals surface area contributed by atoms with E-state index in [-0.39, 0.29) is 5.91 Å². The molecule has 0 saturated carbocycles. The van der Waals surface area contributed by atoms with E-state index in [0.717, 1.165) is 5.75 Å². The lowest BCUT2D eigenvalue weighted by molar-refractivity contribution is -0.122. The molecule has 0 aliphatic rings. The summed E-state index contributed by atoms with van der Waals surface area (Å²) >= 11 is 0. The number of amides is 1. The molecule has 2 aromatic carbocycles. The average molecular weight is 340 g/mol. The van der Waals surface area contributed by atoms with Crippen molar-refractivity contribution in [2.45, 2.75) is 20.0 Å². The number of nitrogens with zero attached hydrogens (tertiary/aromatic N) is 1. The van der Waals surface area contributed by atoms with Crippen LogP contribution in [0.3, 0.4) is 0 Å². The molecule has 1 amide bonds. The van der Waals surface area contributed by atoms with Crippen molar-refractivity contribution in [3.63, 3.8) is 0 Å². The molecule has 6 nitrogen and oxygen atoms in total. The number of nitrogens with one attached hydrogen (secondary N) is 1. The maximum absolute atomic E-state index is 12.3. The SMILES string of the molecule is CCOc1ccc(NC(=O)[C@H](C)Oc2ccc(C#N)cc2OC)cc1. The lowest BCUT2D eigenvalue weighted by Crippen LogP contribution is -2.30. The van der Waals surface area contributed by atoms with Crippen LogP contribution in [0.15, 0.2) is 42.5 Å². The zero-order valence-electron chi connectivity index (χ0n) is 14.4. The van der Waals surface area contributed by atoms with Crippen LogP contribution in [-0.4, -0.2) is 25.7 Å². The number of carbonyl (C=O) groups excluding carboxylic acids is 1. The summed E-state index contributed by atoms with van der Waals surface area (Å²) in [6, 6.07) is 13.9. The predicted molar refractivity (Wildman–Crippen MR) is 94.0 cm³/mol. The Morgan fingerprint density at radius 3 is 2.52 bits per heavy atom. The van der Waals surface area contributed by atoms with Gasteiger partial charge in [0.25, 0.3) is 5.91 Å². The highest BCUT2D eigenvalue weighted by Gasteiger charge is 2.17. The van der Waals surface area contributed by atoms with Crippen molar-refractivity contribution in [1.82, 2.24) is 0 Å². The molecule has 0 aliphatic carbocycles. The molecule has 0 bridgehead atoms. The summed E-state index contributed by atoms with van der Waals surface area (Å²) in [6.45, 7) is 4.14. The van der Waals surface area contributed by atoms with Crippen LogP contribution in [0.2, 0.25) is 0 Å². The highest BCUT2D eigenvalue weighted by Crippen LogP contribution is 2.29. The molecule has 2 aromatic rings. The largest absolute Gasteiger partial charge is 0.494 e. The van der Waals surface area contributed by atoms with Gasteiger partial charge in [-0.15, -0.1) is 0 Å². The third-order valence-electron chi connectivity index (χ3n) is 3.40. The van der Waals surface area contributed by atoms with Gasteiger partial charge in [-0.3, -0.25) is 4.79 Å². The zero-order chi connectivity index (χ0) is 18.2. The number of benzene rings is 2. The summed E-state index contributed by atoms with van der Waals surface area (Å²) in [7, 11) is 1.48. The molecule has 130 valence electrons. The van der Waals surface area contributed by atoms with E-state index < -0.39 is 6.10 Å². The van der Waals surface area contributed by atoms with Crippen molar-refractivity contribution >= 4 is 11.6 Å². The lowest BCUT2D eigenvalue weighted by Gasteiger charge is -2.17. The summed E-state index contributed by atoms with van der Waals surface area (Å²) in [6.07, 6.45) is -0.742. The monoisotopic (exact) mass is 340 g/mol. The van der Waals surface area contributed by atoms with Gasteiger partial charge in [-0.2, -0.15) is 5.26 Å². The van der Waals surface area contributed by atoms with Crippen molar-refractivity contribution in [2.24, 2.45) is 0 Å². The first-order valence-corrected chi connectivity index (χ1v) is 7.86. The maximum atomic E-state index is 12.3. The minimum atomic E-state index is -0.742. The van der Waals surface area contributed by atoms with Crippen LogP contribution < -0.4 is 19.5 Å². The fourth-order valence-electron chi connectivity index (χ4n) is 2.12. The van der Waals surface area contributed by atoms with Crippen LogP contribution in [0.25, 0.3) is 0 Å². The summed E-state index contributed by atoms with van der Waals surface area (Å²) in [5.74, 6) is 1.25. The third kappa shape index (κ3) is 4.88. The van der Waals surface area contributed by atoms with Crippen LogP contribution in [0.1, 0.15) is 19.4 Å². The molecule has 0 radical (unpaired) electrons. The van der Waals surface area contributed by atoms with Crippen LogP contribution in [0.4, 0.5) is 5.69 Å². The average Bonchev–Trinajstić information content (AvgIpc) is 2.63. The maximum Gasteiger partial charge on any atom is 0.265 e. The Morgan fingerprint density at radius 1 is 1.20 bits per heavy atom. The number of ether oxygens (including phenoxy) is 3. The van der Waals surface area contributed by atoms with E-state index in [0.29, 0.717) is 29.4 Å². The summed E-state index contributed by atoms with van der Waals surface area (Å²) in [4.78, 5) is 12.3. The van der Waals surface area contributed by atoms with E-state index in [4.69, 9.17) is 19.5 Å². The van der Waals surface area contributed by atoms with Gasteiger partial charge in [0, 0.05) is 11.8 Å². The van der Waals surface area contributed by atoms with E-state index in [1.807, 2.05) is 13.0 Å². The van der Waals surface area contributed by atoms with Crippen LogP contribution >= 0.6 is 0 Å². The fourth-order valence-corrected chi connectivity index (χ4v) is 2.12. The van der Waals surface area contributed by atoms with Gasteiger partial charge in [-0.05, 0) is 50.2 Å². The molecular weight excluding hydrogens is 320 g/mol. The molecule has 1 atom stereocenters. The van der Waals surface area contributed by atoms with Crippen LogP contribution in [0.5, 0.6) is 17.2 Å². The third-order valence-corrected chi connectivity index (χ3v) is 3.40. The Labute approximate surface area is 146 Å². The normalized spacial score (nSPS) is 11.1. The number of rotatable bonds is 7. The second-order valence-electron chi connectivity index (χ2n) is 5.18. The molecule has 0 unspecified atom stereocenters. The fraction of sp³-hybridized carbons (Fsp3) is 0.263.